The Morgan fingerprint density at radius 1 is 1.10 bits per heavy atom. The lowest BCUT2D eigenvalue weighted by Crippen LogP contribution is -2.13. The van der Waals surface area contributed by atoms with E-state index in [-0.39, 0.29) is 11.6 Å². The summed E-state index contributed by atoms with van der Waals surface area (Å²) in [5.74, 6) is -2.27. The van der Waals surface area contributed by atoms with E-state index < -0.39 is 11.6 Å². The Morgan fingerprint density at radius 2 is 1.81 bits per heavy atom. The molecule has 2 aromatic rings. The summed E-state index contributed by atoms with van der Waals surface area (Å²) in [5, 5.41) is 2.92. The second kappa shape index (κ2) is 6.72. The van der Waals surface area contributed by atoms with Crippen LogP contribution in [0.5, 0.6) is 0 Å². The molecule has 0 spiro atoms. The van der Waals surface area contributed by atoms with E-state index >= 15 is 0 Å². The average molecular weight is 307 g/mol. The lowest BCUT2D eigenvalue weighted by molar-refractivity contribution is 0.102. The van der Waals surface area contributed by atoms with Gasteiger partial charge in [0, 0.05) is 21.9 Å². The smallest absolute Gasteiger partial charge is 0.256 e. The molecule has 0 saturated carbocycles. The first-order valence-electron chi connectivity index (χ1n) is 6.49. The van der Waals surface area contributed by atoms with Crippen LogP contribution < -0.4 is 5.32 Å². The van der Waals surface area contributed by atoms with Crippen LogP contribution in [0.25, 0.3) is 0 Å². The maximum absolute atomic E-state index is 13.2. The summed E-state index contributed by atoms with van der Waals surface area (Å²) in [5.41, 5.74) is 0.740. The molecular formula is C16H15F2NOS. The minimum absolute atomic E-state index is 0.225. The van der Waals surface area contributed by atoms with Crippen LogP contribution in [0.3, 0.4) is 0 Å². The molecule has 2 rings (SSSR count). The minimum Gasteiger partial charge on any atom is -0.322 e. The van der Waals surface area contributed by atoms with Gasteiger partial charge in [-0.05, 0) is 24.3 Å². The normalized spacial score (nSPS) is 10.7. The van der Waals surface area contributed by atoms with Crippen molar-refractivity contribution in [3.8, 4) is 0 Å². The molecule has 2 aromatic carbocycles. The van der Waals surface area contributed by atoms with Crippen LogP contribution in [0.2, 0.25) is 0 Å². The number of nitrogens with one attached hydrogen (secondary N) is 1. The molecule has 1 amide bonds. The van der Waals surface area contributed by atoms with Crippen molar-refractivity contribution < 1.29 is 13.6 Å². The van der Waals surface area contributed by atoms with Gasteiger partial charge in [0.05, 0.1) is 5.56 Å². The number of carbonyl (C=O) groups excluding carboxylic acids is 1. The summed E-state index contributed by atoms with van der Waals surface area (Å²) >= 11 is 1.57. The molecule has 0 aliphatic rings. The Morgan fingerprint density at radius 3 is 2.48 bits per heavy atom. The quantitative estimate of drug-likeness (QED) is 0.828. The van der Waals surface area contributed by atoms with E-state index in [2.05, 4.69) is 5.32 Å². The van der Waals surface area contributed by atoms with E-state index in [0.29, 0.717) is 10.8 Å². The van der Waals surface area contributed by atoms with E-state index in [9.17, 15) is 13.6 Å². The highest BCUT2D eigenvalue weighted by Crippen LogP contribution is 2.27. The first kappa shape index (κ1) is 15.5. The number of hydrogen-bond donors (Lipinski definition) is 1. The Bertz CT molecular complexity index is 658. The van der Waals surface area contributed by atoms with Crippen molar-refractivity contribution in [3.05, 3.63) is 59.7 Å². The van der Waals surface area contributed by atoms with Crippen LogP contribution in [0.1, 0.15) is 24.2 Å². The van der Waals surface area contributed by atoms with Gasteiger partial charge in [-0.2, -0.15) is 0 Å². The summed E-state index contributed by atoms with van der Waals surface area (Å²) in [6.07, 6.45) is 0. The predicted octanol–water partition coefficient (Wildman–Crippen LogP) is 4.72. The molecule has 5 heteroatoms. The highest BCUT2D eigenvalue weighted by molar-refractivity contribution is 8.00. The Balaban J connectivity index is 2.22. The molecule has 1 N–H and O–H groups in total. The summed E-state index contributed by atoms with van der Waals surface area (Å²) in [7, 11) is 0. The van der Waals surface area contributed by atoms with Crippen molar-refractivity contribution in [2.45, 2.75) is 24.0 Å². The zero-order valence-corrected chi connectivity index (χ0v) is 12.5. The van der Waals surface area contributed by atoms with Gasteiger partial charge in [0.2, 0.25) is 0 Å². The van der Waals surface area contributed by atoms with Crippen LogP contribution >= 0.6 is 11.8 Å². The molecule has 2 nitrogen and oxygen atoms in total. The van der Waals surface area contributed by atoms with Gasteiger partial charge < -0.3 is 5.32 Å². The topological polar surface area (TPSA) is 29.1 Å². The number of benzene rings is 2. The Kier molecular flexibility index (Phi) is 4.96. The van der Waals surface area contributed by atoms with Crippen molar-refractivity contribution >= 4 is 23.4 Å². The maximum Gasteiger partial charge on any atom is 0.256 e. The Labute approximate surface area is 126 Å². The summed E-state index contributed by atoms with van der Waals surface area (Å²) in [4.78, 5) is 13.1. The fraction of sp³-hybridized carbons (Fsp3) is 0.188. The predicted molar refractivity (Wildman–Crippen MR) is 81.7 cm³/mol. The number of amides is 1. The third-order valence-corrected chi connectivity index (χ3v) is 3.75. The van der Waals surface area contributed by atoms with E-state index in [1.807, 2.05) is 26.0 Å². The van der Waals surface area contributed by atoms with Crippen molar-refractivity contribution in [3.63, 3.8) is 0 Å². The van der Waals surface area contributed by atoms with Gasteiger partial charge in [0.25, 0.3) is 5.91 Å². The van der Waals surface area contributed by atoms with Gasteiger partial charge >= 0.3 is 0 Å². The molecule has 110 valence electrons. The second-order valence-electron chi connectivity index (χ2n) is 4.75. The van der Waals surface area contributed by atoms with Crippen molar-refractivity contribution in [1.29, 1.82) is 0 Å². The Hall–Kier alpha value is -1.88. The van der Waals surface area contributed by atoms with Crippen molar-refractivity contribution in [2.75, 3.05) is 5.32 Å². The number of hydrogen-bond acceptors (Lipinski definition) is 2. The van der Waals surface area contributed by atoms with Crippen molar-refractivity contribution in [2.24, 2.45) is 0 Å². The first-order chi connectivity index (χ1) is 9.97. The molecular weight excluding hydrogens is 292 g/mol. The van der Waals surface area contributed by atoms with E-state index in [0.717, 1.165) is 17.0 Å². The summed E-state index contributed by atoms with van der Waals surface area (Å²) < 4.78 is 26.0. The summed E-state index contributed by atoms with van der Waals surface area (Å²) in [6, 6.07) is 10.5. The zero-order valence-electron chi connectivity index (χ0n) is 11.7. The van der Waals surface area contributed by atoms with Crippen LogP contribution in [0.4, 0.5) is 14.5 Å². The molecule has 21 heavy (non-hydrogen) atoms. The fourth-order valence-electron chi connectivity index (χ4n) is 1.78. The number of carbonyl (C=O) groups is 1. The minimum atomic E-state index is -0.988. The molecule has 0 unspecified atom stereocenters. The number of rotatable bonds is 4. The van der Waals surface area contributed by atoms with Gasteiger partial charge in [-0.25, -0.2) is 8.78 Å². The molecule has 0 heterocycles. The van der Waals surface area contributed by atoms with Gasteiger partial charge in [0.15, 0.2) is 11.6 Å². The lowest BCUT2D eigenvalue weighted by Gasteiger charge is -2.11. The number of thioether (sulfide) groups is 1. The van der Waals surface area contributed by atoms with Gasteiger partial charge in [0.1, 0.15) is 0 Å². The van der Waals surface area contributed by atoms with Gasteiger partial charge in [-0.15, -0.1) is 11.8 Å². The van der Waals surface area contributed by atoms with Crippen LogP contribution in [0, 0.1) is 11.6 Å². The second-order valence-corrected chi connectivity index (χ2v) is 6.36. The monoisotopic (exact) mass is 307 g/mol. The zero-order chi connectivity index (χ0) is 15.4. The molecule has 0 bridgehead atoms. The van der Waals surface area contributed by atoms with Crippen LogP contribution in [-0.2, 0) is 0 Å². The lowest BCUT2D eigenvalue weighted by atomic mass is 10.2. The molecule has 0 aliphatic carbocycles. The molecule has 0 atom stereocenters. The van der Waals surface area contributed by atoms with E-state index in [1.165, 1.54) is 6.07 Å². The highest BCUT2D eigenvalue weighted by atomic mass is 32.2. The van der Waals surface area contributed by atoms with Crippen molar-refractivity contribution in [1.82, 2.24) is 0 Å². The number of halogens is 2. The fourth-order valence-corrected chi connectivity index (χ4v) is 2.74. The molecule has 0 aliphatic heterocycles. The third kappa shape index (κ3) is 4.04. The van der Waals surface area contributed by atoms with Crippen LogP contribution in [0.15, 0.2) is 47.4 Å². The number of anilines is 1. The maximum atomic E-state index is 13.2. The SMILES string of the molecule is CC(C)Sc1ccccc1C(=O)Nc1ccc(F)c(F)c1. The van der Waals surface area contributed by atoms with Crippen LogP contribution in [-0.4, -0.2) is 11.2 Å². The van der Waals surface area contributed by atoms with E-state index in [4.69, 9.17) is 0 Å². The largest absolute Gasteiger partial charge is 0.322 e. The molecule has 0 radical (unpaired) electrons. The average Bonchev–Trinajstić information content (AvgIpc) is 2.43. The first-order valence-corrected chi connectivity index (χ1v) is 7.37. The van der Waals surface area contributed by atoms with Gasteiger partial charge in [-0.3, -0.25) is 4.79 Å². The summed E-state index contributed by atoms with van der Waals surface area (Å²) in [6.45, 7) is 4.07. The third-order valence-electron chi connectivity index (χ3n) is 2.67. The molecule has 0 saturated heterocycles. The molecule has 0 aromatic heterocycles. The highest BCUT2D eigenvalue weighted by Gasteiger charge is 2.13. The van der Waals surface area contributed by atoms with Gasteiger partial charge in [-0.1, -0.05) is 26.0 Å². The standard InChI is InChI=1S/C16H15F2NOS/c1-10(2)21-15-6-4-3-5-12(15)16(20)19-11-7-8-13(17)14(18)9-11/h3-10H,1-2H3,(H,19,20). The molecule has 0 fully saturated rings. The van der Waals surface area contributed by atoms with E-state index in [1.54, 1.807) is 23.9 Å².